The molecule has 0 radical (unpaired) electrons. The number of rotatable bonds is 2. The highest BCUT2D eigenvalue weighted by atomic mass is 32.2. The topological polar surface area (TPSA) is 38.9 Å². The molecule has 3 heteroatoms. The molecular formula is C15H16N2S. The number of aromatic nitrogens is 1. The first kappa shape index (κ1) is 11.6. The number of thioether (sulfide) groups is 1. The van der Waals surface area contributed by atoms with Gasteiger partial charge in [-0.05, 0) is 55.2 Å². The van der Waals surface area contributed by atoms with Gasteiger partial charge in [-0.3, -0.25) is 4.98 Å². The molecule has 0 saturated heterocycles. The van der Waals surface area contributed by atoms with E-state index in [0.29, 0.717) is 5.25 Å². The summed E-state index contributed by atoms with van der Waals surface area (Å²) in [5, 5.41) is 0.485. The van der Waals surface area contributed by atoms with Crippen molar-refractivity contribution in [1.29, 1.82) is 0 Å². The van der Waals surface area contributed by atoms with Crippen molar-refractivity contribution >= 4 is 17.4 Å². The number of nitrogens with zero attached hydrogens (tertiary/aromatic N) is 1. The molecule has 0 saturated carbocycles. The van der Waals surface area contributed by atoms with Gasteiger partial charge in [0, 0.05) is 16.8 Å². The quantitative estimate of drug-likeness (QED) is 0.830. The van der Waals surface area contributed by atoms with Gasteiger partial charge in [-0.15, -0.1) is 11.8 Å². The highest BCUT2D eigenvalue weighted by Crippen LogP contribution is 2.42. The van der Waals surface area contributed by atoms with Gasteiger partial charge in [0.05, 0.1) is 10.9 Å². The number of pyridine rings is 1. The normalized spacial score (nSPS) is 18.3. The summed E-state index contributed by atoms with van der Waals surface area (Å²) in [4.78, 5) is 5.84. The molecular weight excluding hydrogens is 240 g/mol. The number of anilines is 1. The SMILES string of the molecule is Nc1ccc(SC2CCCc3cccnc32)cc1. The Labute approximate surface area is 112 Å². The molecule has 0 aliphatic heterocycles. The Hall–Kier alpha value is -1.48. The average molecular weight is 256 g/mol. The molecule has 0 bridgehead atoms. The summed E-state index contributed by atoms with van der Waals surface area (Å²) in [6.45, 7) is 0. The van der Waals surface area contributed by atoms with Gasteiger partial charge in [0.15, 0.2) is 0 Å². The maximum absolute atomic E-state index is 5.71. The van der Waals surface area contributed by atoms with Crippen molar-refractivity contribution in [3.05, 3.63) is 53.9 Å². The zero-order valence-corrected chi connectivity index (χ0v) is 11.0. The van der Waals surface area contributed by atoms with Gasteiger partial charge in [0.1, 0.15) is 0 Å². The minimum atomic E-state index is 0.485. The molecule has 0 spiro atoms. The van der Waals surface area contributed by atoms with E-state index >= 15 is 0 Å². The van der Waals surface area contributed by atoms with E-state index in [1.807, 2.05) is 36.2 Å². The molecule has 92 valence electrons. The summed E-state index contributed by atoms with van der Waals surface area (Å²) in [5.74, 6) is 0. The minimum Gasteiger partial charge on any atom is -0.399 e. The van der Waals surface area contributed by atoms with Crippen LogP contribution in [0.25, 0.3) is 0 Å². The Bertz CT molecular complexity index is 536. The lowest BCUT2D eigenvalue weighted by atomic mass is 9.96. The molecule has 1 atom stereocenters. The third-order valence-electron chi connectivity index (χ3n) is 3.30. The molecule has 18 heavy (non-hydrogen) atoms. The number of hydrogen-bond acceptors (Lipinski definition) is 3. The molecule has 1 unspecified atom stereocenters. The maximum Gasteiger partial charge on any atom is 0.0569 e. The van der Waals surface area contributed by atoms with Gasteiger partial charge in [0.25, 0.3) is 0 Å². The van der Waals surface area contributed by atoms with Crippen molar-refractivity contribution in [2.45, 2.75) is 29.4 Å². The number of benzene rings is 1. The Balaban J connectivity index is 1.84. The van der Waals surface area contributed by atoms with Gasteiger partial charge in [-0.25, -0.2) is 0 Å². The number of nitrogens with two attached hydrogens (primary N) is 1. The van der Waals surface area contributed by atoms with Crippen LogP contribution in [-0.2, 0) is 6.42 Å². The summed E-state index contributed by atoms with van der Waals surface area (Å²) in [5.41, 5.74) is 9.22. The smallest absolute Gasteiger partial charge is 0.0569 e. The summed E-state index contributed by atoms with van der Waals surface area (Å²) in [6.07, 6.45) is 5.53. The molecule has 1 heterocycles. The first-order valence-electron chi connectivity index (χ1n) is 6.29. The monoisotopic (exact) mass is 256 g/mol. The average Bonchev–Trinajstić information content (AvgIpc) is 2.42. The zero-order chi connectivity index (χ0) is 12.4. The van der Waals surface area contributed by atoms with E-state index in [9.17, 15) is 0 Å². The van der Waals surface area contributed by atoms with Crippen molar-refractivity contribution in [1.82, 2.24) is 4.98 Å². The molecule has 1 aromatic heterocycles. The Morgan fingerprint density at radius 2 is 2.00 bits per heavy atom. The predicted octanol–water partition coefficient (Wildman–Crippen LogP) is 3.83. The van der Waals surface area contributed by atoms with Crippen LogP contribution in [0.2, 0.25) is 0 Å². The van der Waals surface area contributed by atoms with Crippen molar-refractivity contribution in [2.24, 2.45) is 0 Å². The van der Waals surface area contributed by atoms with Gasteiger partial charge in [-0.2, -0.15) is 0 Å². The van der Waals surface area contributed by atoms with Crippen LogP contribution < -0.4 is 5.73 Å². The summed E-state index contributed by atoms with van der Waals surface area (Å²) in [7, 11) is 0. The molecule has 2 nitrogen and oxygen atoms in total. The fourth-order valence-corrected chi connectivity index (χ4v) is 3.62. The van der Waals surface area contributed by atoms with Crippen LogP contribution in [0, 0.1) is 0 Å². The van der Waals surface area contributed by atoms with Crippen LogP contribution in [0.3, 0.4) is 0 Å². The fraction of sp³-hybridized carbons (Fsp3) is 0.267. The molecule has 1 aliphatic carbocycles. The van der Waals surface area contributed by atoms with E-state index < -0.39 is 0 Å². The Morgan fingerprint density at radius 1 is 1.17 bits per heavy atom. The first-order valence-corrected chi connectivity index (χ1v) is 7.17. The number of fused-ring (bicyclic) bond motifs is 1. The van der Waals surface area contributed by atoms with Crippen LogP contribution in [0.5, 0.6) is 0 Å². The lowest BCUT2D eigenvalue weighted by molar-refractivity contribution is 0.656. The lowest BCUT2D eigenvalue weighted by Crippen LogP contribution is -2.09. The highest BCUT2D eigenvalue weighted by molar-refractivity contribution is 7.99. The summed E-state index contributed by atoms with van der Waals surface area (Å²) < 4.78 is 0. The molecule has 0 fully saturated rings. The van der Waals surface area contributed by atoms with Gasteiger partial charge >= 0.3 is 0 Å². The number of nitrogen functional groups attached to an aromatic ring is 1. The van der Waals surface area contributed by atoms with Crippen molar-refractivity contribution in [3.8, 4) is 0 Å². The zero-order valence-electron chi connectivity index (χ0n) is 10.2. The Morgan fingerprint density at radius 3 is 2.83 bits per heavy atom. The third kappa shape index (κ3) is 2.36. The molecule has 1 aromatic carbocycles. The van der Waals surface area contributed by atoms with E-state index in [2.05, 4.69) is 23.2 Å². The second kappa shape index (κ2) is 5.02. The fourth-order valence-electron chi connectivity index (χ4n) is 2.39. The molecule has 2 aromatic rings. The molecule has 3 rings (SSSR count). The third-order valence-corrected chi connectivity index (χ3v) is 4.59. The van der Waals surface area contributed by atoms with Gasteiger partial charge in [-0.1, -0.05) is 6.07 Å². The Kier molecular flexibility index (Phi) is 3.24. The largest absolute Gasteiger partial charge is 0.399 e. The van der Waals surface area contributed by atoms with Crippen LogP contribution >= 0.6 is 11.8 Å². The minimum absolute atomic E-state index is 0.485. The maximum atomic E-state index is 5.71. The van der Waals surface area contributed by atoms with Gasteiger partial charge < -0.3 is 5.73 Å². The molecule has 0 amide bonds. The van der Waals surface area contributed by atoms with Gasteiger partial charge in [0.2, 0.25) is 0 Å². The second-order valence-corrected chi connectivity index (χ2v) is 5.89. The summed E-state index contributed by atoms with van der Waals surface area (Å²) >= 11 is 1.90. The van der Waals surface area contributed by atoms with Crippen molar-refractivity contribution < 1.29 is 0 Å². The number of aryl methyl sites for hydroxylation is 1. The second-order valence-electron chi connectivity index (χ2n) is 4.62. The standard InChI is InChI=1S/C15H16N2S/c16-12-6-8-13(9-7-12)18-14-5-1-3-11-4-2-10-17-15(11)14/h2,4,6-10,14H,1,3,5,16H2. The number of hydrogen-bond donors (Lipinski definition) is 1. The van der Waals surface area contributed by atoms with Crippen LogP contribution in [-0.4, -0.2) is 4.98 Å². The lowest BCUT2D eigenvalue weighted by Gasteiger charge is -2.23. The van der Waals surface area contributed by atoms with Crippen LogP contribution in [0.4, 0.5) is 5.69 Å². The van der Waals surface area contributed by atoms with E-state index in [4.69, 9.17) is 5.73 Å². The van der Waals surface area contributed by atoms with E-state index in [1.165, 1.54) is 35.4 Å². The van der Waals surface area contributed by atoms with Crippen LogP contribution in [0.15, 0.2) is 47.5 Å². The van der Waals surface area contributed by atoms with E-state index in [0.717, 1.165) is 5.69 Å². The predicted molar refractivity (Wildman–Crippen MR) is 76.6 cm³/mol. The highest BCUT2D eigenvalue weighted by Gasteiger charge is 2.21. The molecule has 2 N–H and O–H groups in total. The van der Waals surface area contributed by atoms with Crippen molar-refractivity contribution in [2.75, 3.05) is 5.73 Å². The molecule has 1 aliphatic rings. The van der Waals surface area contributed by atoms with Crippen molar-refractivity contribution in [3.63, 3.8) is 0 Å². The van der Waals surface area contributed by atoms with E-state index in [1.54, 1.807) is 0 Å². The van der Waals surface area contributed by atoms with E-state index in [-0.39, 0.29) is 0 Å². The van der Waals surface area contributed by atoms with Crippen LogP contribution in [0.1, 0.15) is 29.3 Å². The first-order chi connectivity index (χ1) is 8.83. The summed E-state index contributed by atoms with van der Waals surface area (Å²) in [6, 6.07) is 12.4.